The fourth-order valence-electron chi connectivity index (χ4n) is 7.98. The molecule has 0 N–H and O–H groups in total. The molecule has 0 aliphatic heterocycles. The number of aromatic nitrogens is 1. The molecule has 1 aliphatic rings. The molecule has 2 aromatic heterocycles. The quantitative estimate of drug-likeness (QED) is 0.198. The van der Waals surface area contributed by atoms with E-state index in [0.29, 0.717) is 0 Å². The zero-order valence-corrected chi connectivity index (χ0v) is 23.6. The Morgan fingerprint density at radius 2 is 0.952 bits per heavy atom. The zero-order valence-electron chi connectivity index (χ0n) is 23.6. The molecule has 196 valence electrons. The number of benzene rings is 7. The molecule has 7 aromatic carbocycles. The molecule has 1 heteroatoms. The minimum Gasteiger partial charge on any atom is -0.308 e. The van der Waals surface area contributed by atoms with Crippen molar-refractivity contribution in [2.45, 2.75) is 19.3 Å². The van der Waals surface area contributed by atoms with Crippen LogP contribution in [-0.2, 0) is 5.41 Å². The van der Waals surface area contributed by atoms with E-state index in [1.165, 1.54) is 93.0 Å². The number of nitrogens with zero attached hydrogens (tertiary/aromatic N) is 1. The van der Waals surface area contributed by atoms with Gasteiger partial charge in [0, 0.05) is 27.0 Å². The van der Waals surface area contributed by atoms with E-state index < -0.39 is 0 Å². The predicted octanol–water partition coefficient (Wildman–Crippen LogP) is 11.1. The first-order chi connectivity index (χ1) is 20.6. The fraction of sp³-hybridized carbons (Fsp3) is 0.0732. The predicted molar refractivity (Wildman–Crippen MR) is 179 cm³/mol. The van der Waals surface area contributed by atoms with E-state index in [0.717, 1.165) is 0 Å². The van der Waals surface area contributed by atoms with Gasteiger partial charge in [0.25, 0.3) is 0 Å². The second-order valence-electron chi connectivity index (χ2n) is 12.6. The molecule has 9 aromatic rings. The smallest absolute Gasteiger partial charge is 0.0620 e. The van der Waals surface area contributed by atoms with Crippen LogP contribution >= 0.6 is 0 Å². The minimum atomic E-state index is 0.0109. The highest BCUT2D eigenvalue weighted by Crippen LogP contribution is 2.50. The van der Waals surface area contributed by atoms with Crippen LogP contribution in [0.25, 0.3) is 81.9 Å². The molecule has 0 spiro atoms. The molecule has 0 atom stereocenters. The normalized spacial score (nSPS) is 14.1. The molecule has 0 saturated carbocycles. The third-order valence-corrected chi connectivity index (χ3v) is 10.0. The van der Waals surface area contributed by atoms with Crippen molar-refractivity contribution in [3.05, 3.63) is 139 Å². The van der Waals surface area contributed by atoms with Crippen molar-refractivity contribution in [2.24, 2.45) is 0 Å². The molecule has 42 heavy (non-hydrogen) atoms. The topological polar surface area (TPSA) is 4.41 Å². The molecular weight excluding hydrogens is 506 g/mol. The summed E-state index contributed by atoms with van der Waals surface area (Å²) in [4.78, 5) is 0. The summed E-state index contributed by atoms with van der Waals surface area (Å²) in [6.07, 6.45) is 0. The minimum absolute atomic E-state index is 0.0109. The van der Waals surface area contributed by atoms with Gasteiger partial charge in [0.15, 0.2) is 0 Å². The molecular formula is C41H27N. The molecule has 0 unspecified atom stereocenters. The lowest BCUT2D eigenvalue weighted by molar-refractivity contribution is 0.660. The first-order valence-electron chi connectivity index (χ1n) is 14.9. The highest BCUT2D eigenvalue weighted by Gasteiger charge is 2.35. The highest BCUT2D eigenvalue weighted by molar-refractivity contribution is 6.27. The molecule has 0 amide bonds. The Morgan fingerprint density at radius 1 is 0.429 bits per heavy atom. The van der Waals surface area contributed by atoms with Crippen molar-refractivity contribution in [1.82, 2.24) is 4.40 Å². The van der Waals surface area contributed by atoms with E-state index in [-0.39, 0.29) is 5.41 Å². The Balaban J connectivity index is 1.34. The van der Waals surface area contributed by atoms with Gasteiger partial charge < -0.3 is 4.40 Å². The van der Waals surface area contributed by atoms with Crippen molar-refractivity contribution in [2.75, 3.05) is 0 Å². The van der Waals surface area contributed by atoms with E-state index in [1.54, 1.807) is 0 Å². The van der Waals surface area contributed by atoms with Crippen molar-refractivity contribution < 1.29 is 0 Å². The number of rotatable bonds is 1. The van der Waals surface area contributed by atoms with Crippen molar-refractivity contribution in [3.63, 3.8) is 0 Å². The van der Waals surface area contributed by atoms with Crippen LogP contribution in [0.5, 0.6) is 0 Å². The molecule has 0 fully saturated rings. The summed E-state index contributed by atoms with van der Waals surface area (Å²) in [7, 11) is 0. The van der Waals surface area contributed by atoms with Gasteiger partial charge in [0.05, 0.1) is 16.6 Å². The van der Waals surface area contributed by atoms with Crippen LogP contribution in [0.3, 0.4) is 0 Å². The van der Waals surface area contributed by atoms with Gasteiger partial charge in [0.2, 0.25) is 0 Å². The van der Waals surface area contributed by atoms with Crippen molar-refractivity contribution in [1.29, 1.82) is 0 Å². The molecule has 0 bridgehead atoms. The summed E-state index contributed by atoms with van der Waals surface area (Å²) in [5.74, 6) is 0. The fourth-order valence-corrected chi connectivity index (χ4v) is 7.98. The summed E-state index contributed by atoms with van der Waals surface area (Å²) >= 11 is 0. The van der Waals surface area contributed by atoms with E-state index in [2.05, 4.69) is 146 Å². The van der Waals surface area contributed by atoms with E-state index in [1.807, 2.05) is 0 Å². The molecule has 0 radical (unpaired) electrons. The van der Waals surface area contributed by atoms with Crippen LogP contribution in [0.4, 0.5) is 0 Å². The SMILES string of the molecule is CC1(C)c2ccccc2-c2cc(-c3cc4c5cc6ccccc6cc5n5c6cc7ccccc7cc6c(c3)c45)ccc21. The number of hydrogen-bond acceptors (Lipinski definition) is 0. The first-order valence-corrected chi connectivity index (χ1v) is 14.9. The lowest BCUT2D eigenvalue weighted by Gasteiger charge is -2.21. The van der Waals surface area contributed by atoms with E-state index >= 15 is 0 Å². The van der Waals surface area contributed by atoms with Crippen molar-refractivity contribution in [3.8, 4) is 22.3 Å². The van der Waals surface area contributed by atoms with E-state index in [4.69, 9.17) is 0 Å². The lowest BCUT2D eigenvalue weighted by atomic mass is 9.82. The Hall–Kier alpha value is -5.14. The van der Waals surface area contributed by atoms with Crippen LogP contribution in [0.1, 0.15) is 25.0 Å². The largest absolute Gasteiger partial charge is 0.308 e. The van der Waals surface area contributed by atoms with Crippen LogP contribution in [0.15, 0.2) is 127 Å². The number of fused-ring (bicyclic) bond motifs is 11. The Labute approximate surface area is 243 Å². The van der Waals surface area contributed by atoms with Gasteiger partial charge in [-0.1, -0.05) is 98.8 Å². The van der Waals surface area contributed by atoms with Gasteiger partial charge in [-0.3, -0.25) is 0 Å². The Morgan fingerprint density at radius 3 is 1.57 bits per heavy atom. The average molecular weight is 534 g/mol. The maximum atomic E-state index is 2.51. The number of hydrogen-bond donors (Lipinski definition) is 0. The molecule has 1 nitrogen and oxygen atoms in total. The van der Waals surface area contributed by atoms with Crippen LogP contribution in [-0.4, -0.2) is 4.40 Å². The third kappa shape index (κ3) is 2.74. The van der Waals surface area contributed by atoms with Crippen LogP contribution in [0, 0.1) is 0 Å². The maximum Gasteiger partial charge on any atom is 0.0620 e. The summed E-state index contributed by atoms with van der Waals surface area (Å²) in [5, 5.41) is 10.4. The van der Waals surface area contributed by atoms with Gasteiger partial charge >= 0.3 is 0 Å². The average Bonchev–Trinajstić information content (AvgIpc) is 3.60. The van der Waals surface area contributed by atoms with E-state index in [9.17, 15) is 0 Å². The van der Waals surface area contributed by atoms with Gasteiger partial charge in [-0.05, 0) is 97.4 Å². The Kier molecular flexibility index (Phi) is 4.06. The maximum absolute atomic E-state index is 2.51. The van der Waals surface area contributed by atoms with Gasteiger partial charge in [-0.25, -0.2) is 0 Å². The third-order valence-electron chi connectivity index (χ3n) is 10.0. The summed E-state index contributed by atoms with van der Waals surface area (Å²) < 4.78 is 2.51. The molecule has 0 saturated heterocycles. The monoisotopic (exact) mass is 533 g/mol. The van der Waals surface area contributed by atoms with Gasteiger partial charge in [-0.2, -0.15) is 0 Å². The second-order valence-corrected chi connectivity index (χ2v) is 12.6. The first kappa shape index (κ1) is 22.5. The van der Waals surface area contributed by atoms with Gasteiger partial charge in [-0.15, -0.1) is 0 Å². The van der Waals surface area contributed by atoms with Crippen LogP contribution in [0.2, 0.25) is 0 Å². The summed E-state index contributed by atoms with van der Waals surface area (Å²) in [5.41, 5.74) is 12.0. The molecule has 2 heterocycles. The standard InChI is InChI=1S/C41H27N/c1-41(2)36-14-8-7-13-30(36)31-17-28(15-16-37(31)41)29-20-34-32-18-24-9-3-5-11-26(24)22-38(32)42-39-23-27-12-6-4-10-25(27)19-33(39)35(21-29)40(34)42/h3-23H,1-2H3. The summed E-state index contributed by atoms with van der Waals surface area (Å²) in [6, 6.07) is 48.0. The molecule has 10 rings (SSSR count). The second kappa shape index (κ2) is 7.57. The lowest BCUT2D eigenvalue weighted by Crippen LogP contribution is -2.14. The van der Waals surface area contributed by atoms with Crippen LogP contribution < -0.4 is 0 Å². The highest BCUT2D eigenvalue weighted by atomic mass is 14.9. The molecule has 1 aliphatic carbocycles. The van der Waals surface area contributed by atoms with Gasteiger partial charge in [0.1, 0.15) is 0 Å². The Bertz CT molecular complexity index is 2470. The zero-order chi connectivity index (χ0) is 27.7. The summed E-state index contributed by atoms with van der Waals surface area (Å²) in [6.45, 7) is 4.70. The van der Waals surface area contributed by atoms with Crippen molar-refractivity contribution >= 4 is 59.6 Å².